The lowest BCUT2D eigenvalue weighted by Crippen LogP contribution is -2.51. The van der Waals surface area contributed by atoms with Crippen molar-refractivity contribution in [1.29, 1.82) is 0 Å². The van der Waals surface area contributed by atoms with E-state index >= 15 is 0 Å². The quantitative estimate of drug-likeness (QED) is 0.684. The van der Waals surface area contributed by atoms with Gasteiger partial charge in [-0.2, -0.15) is 26.3 Å². The van der Waals surface area contributed by atoms with E-state index in [1.54, 1.807) is 0 Å². The van der Waals surface area contributed by atoms with Crippen LogP contribution >= 0.6 is 0 Å². The normalized spacial score (nSPS) is 15.4. The lowest BCUT2D eigenvalue weighted by molar-refractivity contribution is -0.143. The summed E-state index contributed by atoms with van der Waals surface area (Å²) in [6.07, 6.45) is -8.85. The average Bonchev–Trinajstić information content (AvgIpc) is 3.19. The molecule has 0 radical (unpaired) electrons. The molecule has 0 spiro atoms. The fourth-order valence-electron chi connectivity index (χ4n) is 2.91. The van der Waals surface area contributed by atoms with Crippen molar-refractivity contribution in [2.24, 2.45) is 0 Å². The Morgan fingerprint density at radius 1 is 0.867 bits per heavy atom. The molecule has 1 aromatic heterocycles. The van der Waals surface area contributed by atoms with Crippen molar-refractivity contribution >= 4 is 11.8 Å². The second kappa shape index (κ2) is 7.91. The van der Waals surface area contributed by atoms with Gasteiger partial charge in [0.2, 0.25) is 5.91 Å². The minimum Gasteiger partial charge on any atom is -0.338 e. The Balaban J connectivity index is 1.72. The third-order valence-corrected chi connectivity index (χ3v) is 4.44. The Bertz CT molecular complexity index is 887. The number of hydrogen-bond donors (Lipinski definition) is 0. The molecule has 0 atom stereocenters. The number of amides is 2. The van der Waals surface area contributed by atoms with Crippen LogP contribution in [0.25, 0.3) is 0 Å². The molecule has 2 amide bonds. The summed E-state index contributed by atoms with van der Waals surface area (Å²) in [7, 11) is 0. The molecule has 30 heavy (non-hydrogen) atoms. The topological polar surface area (TPSA) is 84.2 Å². The van der Waals surface area contributed by atoms with Crippen molar-refractivity contribution in [2.45, 2.75) is 18.9 Å². The van der Waals surface area contributed by atoms with E-state index in [0.29, 0.717) is 12.1 Å². The maximum absolute atomic E-state index is 13.0. The number of halogens is 6. The number of piperazine rings is 1. The molecule has 0 N–H and O–H groups in total. The average molecular weight is 436 g/mol. The van der Waals surface area contributed by atoms with Gasteiger partial charge in [0.25, 0.3) is 5.91 Å². The van der Waals surface area contributed by atoms with Crippen LogP contribution in [0.3, 0.4) is 0 Å². The Morgan fingerprint density at radius 3 is 1.87 bits per heavy atom. The van der Waals surface area contributed by atoms with E-state index in [9.17, 15) is 35.9 Å². The minimum atomic E-state index is -5.04. The van der Waals surface area contributed by atoms with Gasteiger partial charge in [0.15, 0.2) is 0 Å². The lowest BCUT2D eigenvalue weighted by Gasteiger charge is -2.35. The van der Waals surface area contributed by atoms with Gasteiger partial charge in [0, 0.05) is 31.7 Å². The SMILES string of the molecule is O=C(Cn1cnnn1)N1CCN(C(=O)c2cc(C(F)(F)F)cc(C(F)(F)F)c2)CC1. The van der Waals surface area contributed by atoms with E-state index in [-0.39, 0.29) is 44.7 Å². The standard InChI is InChI=1S/C16H14F6N6O2/c17-15(18,19)11-5-10(6-12(7-11)16(20,21)22)14(30)27-3-1-26(2-4-27)13(29)8-28-9-23-24-25-28/h5-7,9H,1-4,8H2. The zero-order chi connectivity index (χ0) is 22.1. The summed E-state index contributed by atoms with van der Waals surface area (Å²) >= 11 is 0. The van der Waals surface area contributed by atoms with Crippen molar-refractivity contribution < 1.29 is 35.9 Å². The molecule has 0 bridgehead atoms. The Morgan fingerprint density at radius 2 is 1.40 bits per heavy atom. The van der Waals surface area contributed by atoms with E-state index in [2.05, 4.69) is 15.5 Å². The third-order valence-electron chi connectivity index (χ3n) is 4.44. The van der Waals surface area contributed by atoms with Crippen LogP contribution in [-0.2, 0) is 23.7 Å². The highest BCUT2D eigenvalue weighted by atomic mass is 19.4. The second-order valence-electron chi connectivity index (χ2n) is 6.47. The number of hydrogen-bond acceptors (Lipinski definition) is 5. The number of tetrazole rings is 1. The number of carbonyl (C=O) groups is 2. The van der Waals surface area contributed by atoms with Crippen LogP contribution in [0.15, 0.2) is 24.5 Å². The van der Waals surface area contributed by atoms with Crippen molar-refractivity contribution in [2.75, 3.05) is 26.2 Å². The summed E-state index contributed by atoms with van der Waals surface area (Å²) in [5, 5.41) is 10.3. The van der Waals surface area contributed by atoms with E-state index in [0.717, 1.165) is 4.90 Å². The predicted octanol–water partition coefficient (Wildman–Crippen LogP) is 1.70. The van der Waals surface area contributed by atoms with Gasteiger partial charge < -0.3 is 9.80 Å². The molecule has 0 aliphatic carbocycles. The molecule has 1 saturated heterocycles. The first-order chi connectivity index (χ1) is 13.9. The number of aromatic nitrogens is 4. The van der Waals surface area contributed by atoms with E-state index < -0.39 is 35.0 Å². The highest BCUT2D eigenvalue weighted by molar-refractivity contribution is 5.95. The molecule has 162 valence electrons. The molecule has 1 aromatic carbocycles. The number of alkyl halides is 6. The second-order valence-corrected chi connectivity index (χ2v) is 6.47. The van der Waals surface area contributed by atoms with Gasteiger partial charge in [0.05, 0.1) is 11.1 Å². The molecule has 8 nitrogen and oxygen atoms in total. The summed E-state index contributed by atoms with van der Waals surface area (Å²) in [6.45, 7) is -0.0886. The molecule has 3 rings (SSSR count). The van der Waals surface area contributed by atoms with Gasteiger partial charge in [0.1, 0.15) is 12.9 Å². The molecule has 0 saturated carbocycles. The van der Waals surface area contributed by atoms with Gasteiger partial charge in [-0.05, 0) is 28.6 Å². The summed E-state index contributed by atoms with van der Waals surface area (Å²) < 4.78 is 79.1. The smallest absolute Gasteiger partial charge is 0.338 e. The van der Waals surface area contributed by atoms with Crippen molar-refractivity contribution in [3.8, 4) is 0 Å². The Kier molecular flexibility index (Phi) is 5.67. The first-order valence-electron chi connectivity index (χ1n) is 8.52. The van der Waals surface area contributed by atoms with Crippen molar-refractivity contribution in [3.05, 3.63) is 41.2 Å². The molecular weight excluding hydrogens is 422 g/mol. The maximum atomic E-state index is 13.0. The highest BCUT2D eigenvalue weighted by Crippen LogP contribution is 2.36. The fraction of sp³-hybridized carbons (Fsp3) is 0.438. The number of benzene rings is 1. The fourth-order valence-corrected chi connectivity index (χ4v) is 2.91. The van der Waals surface area contributed by atoms with Gasteiger partial charge in [-0.1, -0.05) is 0 Å². The molecule has 1 aliphatic rings. The molecule has 2 heterocycles. The summed E-state index contributed by atoms with van der Waals surface area (Å²) in [6, 6.07) is 0.756. The van der Waals surface area contributed by atoms with Crippen molar-refractivity contribution in [1.82, 2.24) is 30.0 Å². The zero-order valence-electron chi connectivity index (χ0n) is 15.1. The van der Waals surface area contributed by atoms with E-state index in [1.165, 1.54) is 15.9 Å². The highest BCUT2D eigenvalue weighted by Gasteiger charge is 2.38. The van der Waals surface area contributed by atoms with Gasteiger partial charge in [-0.15, -0.1) is 5.10 Å². The summed E-state index contributed by atoms with van der Waals surface area (Å²) in [5.41, 5.74) is -3.84. The van der Waals surface area contributed by atoms with Crippen LogP contribution in [-0.4, -0.2) is 68.0 Å². The van der Waals surface area contributed by atoms with Crippen LogP contribution < -0.4 is 0 Å². The van der Waals surface area contributed by atoms with Crippen LogP contribution in [0.5, 0.6) is 0 Å². The Hall–Kier alpha value is -3.19. The summed E-state index contributed by atoms with van der Waals surface area (Å²) in [5.74, 6) is -1.31. The Labute approximate surface area is 165 Å². The lowest BCUT2D eigenvalue weighted by atomic mass is 10.0. The predicted molar refractivity (Wildman–Crippen MR) is 86.7 cm³/mol. The summed E-state index contributed by atoms with van der Waals surface area (Å²) in [4.78, 5) is 27.2. The van der Waals surface area contributed by atoms with Crippen LogP contribution in [0.4, 0.5) is 26.3 Å². The molecule has 1 fully saturated rings. The third kappa shape index (κ3) is 4.86. The van der Waals surface area contributed by atoms with Crippen LogP contribution in [0, 0.1) is 0 Å². The van der Waals surface area contributed by atoms with Crippen molar-refractivity contribution in [3.63, 3.8) is 0 Å². The van der Waals surface area contributed by atoms with Gasteiger partial charge >= 0.3 is 12.4 Å². The first-order valence-corrected chi connectivity index (χ1v) is 8.52. The van der Waals surface area contributed by atoms with E-state index in [1.807, 2.05) is 0 Å². The first kappa shape index (κ1) is 21.5. The monoisotopic (exact) mass is 436 g/mol. The molecule has 2 aromatic rings. The molecule has 1 aliphatic heterocycles. The zero-order valence-corrected chi connectivity index (χ0v) is 15.1. The van der Waals surface area contributed by atoms with Gasteiger partial charge in [-0.25, -0.2) is 4.68 Å². The van der Waals surface area contributed by atoms with Crippen LogP contribution in [0.2, 0.25) is 0 Å². The number of nitrogens with zero attached hydrogens (tertiary/aromatic N) is 6. The van der Waals surface area contributed by atoms with Gasteiger partial charge in [-0.3, -0.25) is 9.59 Å². The van der Waals surface area contributed by atoms with E-state index in [4.69, 9.17) is 0 Å². The molecule has 0 unspecified atom stereocenters. The largest absolute Gasteiger partial charge is 0.416 e. The molecule has 14 heteroatoms. The number of rotatable bonds is 3. The maximum Gasteiger partial charge on any atom is 0.416 e. The molecular formula is C16H14F6N6O2. The van der Waals surface area contributed by atoms with Crippen LogP contribution in [0.1, 0.15) is 21.5 Å². The number of carbonyl (C=O) groups excluding carboxylic acids is 2. The minimum absolute atomic E-state index is 0.0353.